The molecule has 1 aromatic carbocycles. The lowest BCUT2D eigenvalue weighted by Crippen LogP contribution is -2.52. The van der Waals surface area contributed by atoms with Gasteiger partial charge in [-0.25, -0.2) is 4.79 Å². The maximum Gasteiger partial charge on any atom is 0.318 e. The van der Waals surface area contributed by atoms with Crippen molar-refractivity contribution in [2.24, 2.45) is 0 Å². The molecule has 5 nitrogen and oxygen atoms in total. The Morgan fingerprint density at radius 3 is 2.92 bits per heavy atom. The molecule has 2 atom stereocenters. The fourth-order valence-corrected chi connectivity index (χ4v) is 3.51. The number of hydrogen-bond donors (Lipinski definition) is 2. The lowest BCUT2D eigenvalue weighted by molar-refractivity contribution is -0.00697. The van der Waals surface area contributed by atoms with Gasteiger partial charge in [-0.2, -0.15) is 0 Å². The predicted molar refractivity (Wildman–Crippen MR) is 93.9 cm³/mol. The quantitative estimate of drug-likeness (QED) is 0.875. The van der Waals surface area contributed by atoms with Crippen molar-refractivity contribution in [3.63, 3.8) is 0 Å². The number of aliphatic hydroxyl groups is 1. The number of amides is 2. The Hall–Kier alpha value is -1.89. The average molecular weight is 346 g/mol. The van der Waals surface area contributed by atoms with Gasteiger partial charge in [0.1, 0.15) is 0 Å². The third kappa shape index (κ3) is 4.35. The van der Waals surface area contributed by atoms with Crippen LogP contribution in [0.15, 0.2) is 47.8 Å². The minimum atomic E-state index is -0.606. The molecule has 0 aliphatic carbocycles. The second-order valence-electron chi connectivity index (χ2n) is 5.82. The highest BCUT2D eigenvalue weighted by Gasteiger charge is 2.29. The van der Waals surface area contributed by atoms with Crippen LogP contribution in [0.25, 0.3) is 0 Å². The van der Waals surface area contributed by atoms with Gasteiger partial charge in [-0.15, -0.1) is 11.3 Å². The first-order chi connectivity index (χ1) is 11.7. The summed E-state index contributed by atoms with van der Waals surface area (Å²) in [6.45, 7) is 2.06. The molecular weight excluding hydrogens is 324 g/mol. The molecule has 2 amide bonds. The summed E-state index contributed by atoms with van der Waals surface area (Å²) in [4.78, 5) is 15.4. The number of benzene rings is 1. The number of aliphatic hydroxyl groups excluding tert-OH is 1. The molecule has 0 bridgehead atoms. The molecule has 2 heterocycles. The van der Waals surface area contributed by atoms with E-state index in [9.17, 15) is 9.90 Å². The largest absolute Gasteiger partial charge is 0.388 e. The molecule has 1 fully saturated rings. The summed E-state index contributed by atoms with van der Waals surface area (Å²) in [6.07, 6.45) is -0.137. The number of hydrogen-bond acceptors (Lipinski definition) is 4. The van der Waals surface area contributed by atoms with Crippen molar-refractivity contribution in [1.82, 2.24) is 10.2 Å². The van der Waals surface area contributed by atoms with Crippen LogP contribution in [0.2, 0.25) is 0 Å². The summed E-state index contributed by atoms with van der Waals surface area (Å²) in [5.41, 5.74) is 0.863. The van der Waals surface area contributed by atoms with Crippen LogP contribution in [-0.4, -0.2) is 41.8 Å². The zero-order valence-corrected chi connectivity index (χ0v) is 14.2. The number of nitrogens with zero attached hydrogens (tertiary/aromatic N) is 1. The number of morpholine rings is 1. The van der Waals surface area contributed by atoms with E-state index in [0.29, 0.717) is 32.7 Å². The highest BCUT2D eigenvalue weighted by atomic mass is 32.1. The third-order valence-electron chi connectivity index (χ3n) is 4.16. The monoisotopic (exact) mass is 346 g/mol. The van der Waals surface area contributed by atoms with Crippen molar-refractivity contribution in [2.45, 2.75) is 25.1 Å². The van der Waals surface area contributed by atoms with E-state index in [4.69, 9.17) is 4.74 Å². The second kappa shape index (κ2) is 8.28. The van der Waals surface area contributed by atoms with E-state index in [2.05, 4.69) is 5.32 Å². The van der Waals surface area contributed by atoms with Crippen LogP contribution >= 0.6 is 11.3 Å². The van der Waals surface area contributed by atoms with Crippen molar-refractivity contribution >= 4 is 17.4 Å². The number of urea groups is 1. The fraction of sp³-hybridized carbons (Fsp3) is 0.389. The van der Waals surface area contributed by atoms with E-state index in [1.165, 1.54) is 0 Å². The molecule has 6 heteroatoms. The Morgan fingerprint density at radius 1 is 1.33 bits per heavy atom. The van der Waals surface area contributed by atoms with Crippen LogP contribution < -0.4 is 5.32 Å². The molecule has 1 aromatic heterocycles. The predicted octanol–water partition coefficient (Wildman–Crippen LogP) is 2.78. The standard InChI is InChI=1S/C18H22N2O3S/c21-17(14-5-2-1-3-6-14)11-15-13-23-9-8-20(15)18(22)19-12-16-7-4-10-24-16/h1-7,10,15,17,21H,8-9,11-13H2,(H,19,22)/t15-,17-/m0/s1. The fourth-order valence-electron chi connectivity index (χ4n) is 2.86. The number of carbonyl (C=O) groups excluding carboxylic acids is 1. The molecule has 0 radical (unpaired) electrons. The number of thiophene rings is 1. The molecule has 1 aliphatic rings. The van der Waals surface area contributed by atoms with Gasteiger partial charge >= 0.3 is 6.03 Å². The van der Waals surface area contributed by atoms with Crippen molar-refractivity contribution in [1.29, 1.82) is 0 Å². The summed E-state index contributed by atoms with van der Waals surface area (Å²) >= 11 is 1.62. The molecule has 24 heavy (non-hydrogen) atoms. The van der Waals surface area contributed by atoms with Gasteiger partial charge in [0.2, 0.25) is 0 Å². The van der Waals surface area contributed by atoms with Crippen LogP contribution in [-0.2, 0) is 11.3 Å². The Balaban J connectivity index is 1.59. The van der Waals surface area contributed by atoms with E-state index < -0.39 is 6.10 Å². The van der Waals surface area contributed by atoms with Crippen LogP contribution in [0.4, 0.5) is 4.79 Å². The van der Waals surface area contributed by atoms with Gasteiger partial charge in [0, 0.05) is 17.8 Å². The zero-order valence-electron chi connectivity index (χ0n) is 13.4. The van der Waals surface area contributed by atoms with Gasteiger partial charge in [-0.05, 0) is 17.0 Å². The summed E-state index contributed by atoms with van der Waals surface area (Å²) < 4.78 is 5.52. The second-order valence-corrected chi connectivity index (χ2v) is 6.85. The molecule has 2 N–H and O–H groups in total. The van der Waals surface area contributed by atoms with E-state index in [0.717, 1.165) is 10.4 Å². The Morgan fingerprint density at radius 2 is 2.17 bits per heavy atom. The first kappa shape index (κ1) is 17.0. The van der Waals surface area contributed by atoms with E-state index in [-0.39, 0.29) is 12.1 Å². The minimum Gasteiger partial charge on any atom is -0.388 e. The molecule has 128 valence electrons. The van der Waals surface area contributed by atoms with Crippen LogP contribution in [0.3, 0.4) is 0 Å². The Bertz CT molecular complexity index is 633. The lowest BCUT2D eigenvalue weighted by atomic mass is 10.0. The number of carbonyl (C=O) groups is 1. The number of nitrogens with one attached hydrogen (secondary N) is 1. The van der Waals surface area contributed by atoms with Gasteiger partial charge in [0.05, 0.1) is 31.9 Å². The highest BCUT2D eigenvalue weighted by Crippen LogP contribution is 2.22. The molecule has 1 saturated heterocycles. The normalized spacial score (nSPS) is 19.0. The van der Waals surface area contributed by atoms with Crippen LogP contribution in [0.5, 0.6) is 0 Å². The van der Waals surface area contributed by atoms with Gasteiger partial charge in [0.25, 0.3) is 0 Å². The van der Waals surface area contributed by atoms with E-state index in [1.54, 1.807) is 16.2 Å². The maximum absolute atomic E-state index is 12.5. The Kier molecular flexibility index (Phi) is 5.85. The Labute approximate surface area is 145 Å². The van der Waals surface area contributed by atoms with Crippen LogP contribution in [0.1, 0.15) is 23.0 Å². The summed E-state index contributed by atoms with van der Waals surface area (Å²) in [6, 6.07) is 13.3. The summed E-state index contributed by atoms with van der Waals surface area (Å²) in [5, 5.41) is 15.4. The molecular formula is C18H22N2O3S. The molecule has 0 spiro atoms. The smallest absolute Gasteiger partial charge is 0.318 e. The molecule has 0 unspecified atom stereocenters. The van der Waals surface area contributed by atoms with Gasteiger partial charge in [-0.3, -0.25) is 0 Å². The highest BCUT2D eigenvalue weighted by molar-refractivity contribution is 7.09. The summed E-state index contributed by atoms with van der Waals surface area (Å²) in [7, 11) is 0. The van der Waals surface area contributed by atoms with Crippen molar-refractivity contribution in [3.8, 4) is 0 Å². The maximum atomic E-state index is 12.5. The van der Waals surface area contributed by atoms with Gasteiger partial charge in [-0.1, -0.05) is 36.4 Å². The number of rotatable bonds is 5. The minimum absolute atomic E-state index is 0.100. The molecule has 1 aliphatic heterocycles. The van der Waals surface area contributed by atoms with Crippen molar-refractivity contribution < 1.29 is 14.6 Å². The molecule has 2 aromatic rings. The third-order valence-corrected chi connectivity index (χ3v) is 5.04. The topological polar surface area (TPSA) is 61.8 Å². The molecule has 0 saturated carbocycles. The van der Waals surface area contributed by atoms with E-state index >= 15 is 0 Å². The van der Waals surface area contributed by atoms with Crippen LogP contribution in [0, 0.1) is 0 Å². The number of ether oxygens (including phenoxy) is 1. The lowest BCUT2D eigenvalue weighted by Gasteiger charge is -2.36. The first-order valence-corrected chi connectivity index (χ1v) is 8.99. The van der Waals surface area contributed by atoms with Gasteiger partial charge in [0.15, 0.2) is 0 Å². The summed E-state index contributed by atoms with van der Waals surface area (Å²) in [5.74, 6) is 0. The average Bonchev–Trinajstić information content (AvgIpc) is 3.14. The van der Waals surface area contributed by atoms with E-state index in [1.807, 2.05) is 47.8 Å². The van der Waals surface area contributed by atoms with Crippen molar-refractivity contribution in [3.05, 3.63) is 58.3 Å². The van der Waals surface area contributed by atoms with Crippen molar-refractivity contribution in [2.75, 3.05) is 19.8 Å². The SMILES string of the molecule is O=C(NCc1cccs1)N1CCOC[C@@H]1C[C@H](O)c1ccccc1. The molecule has 3 rings (SSSR count). The zero-order chi connectivity index (χ0) is 16.8. The van der Waals surface area contributed by atoms with Gasteiger partial charge < -0.3 is 20.1 Å². The first-order valence-electron chi connectivity index (χ1n) is 8.11.